The number of aromatic hydroxyl groups is 2. The lowest BCUT2D eigenvalue weighted by Gasteiger charge is -2.05. The molecule has 2 heteroatoms. The number of phenolic OH excluding ortho intramolecular Hbond substituents is 2. The van der Waals surface area contributed by atoms with Gasteiger partial charge in [-0.2, -0.15) is 0 Å². The fourth-order valence-corrected chi connectivity index (χ4v) is 1.15. The third-order valence-corrected chi connectivity index (χ3v) is 1.78. The predicted molar refractivity (Wildman–Crippen MR) is 65.9 cm³/mol. The average molecular weight is 206 g/mol. The molecule has 0 saturated carbocycles. The molecule has 0 amide bonds. The van der Waals surface area contributed by atoms with E-state index in [2.05, 4.69) is 6.58 Å². The molecule has 2 nitrogen and oxygen atoms in total. The Kier molecular flexibility index (Phi) is 5.95. The second-order valence-corrected chi connectivity index (χ2v) is 2.64. The lowest BCUT2D eigenvalue weighted by Crippen LogP contribution is -1.81. The van der Waals surface area contributed by atoms with Crippen LogP contribution >= 0.6 is 0 Å². The molecule has 82 valence electrons. The summed E-state index contributed by atoms with van der Waals surface area (Å²) < 4.78 is 0. The zero-order chi connectivity index (χ0) is 11.8. The van der Waals surface area contributed by atoms with Crippen molar-refractivity contribution in [2.24, 2.45) is 0 Å². The summed E-state index contributed by atoms with van der Waals surface area (Å²) >= 11 is 0. The number of hydrogen-bond donors (Lipinski definition) is 2. The summed E-state index contributed by atoms with van der Waals surface area (Å²) in [7, 11) is 0. The Morgan fingerprint density at radius 2 is 1.80 bits per heavy atom. The maximum Gasteiger partial charge on any atom is 0.165 e. The first kappa shape index (κ1) is 13.3. The summed E-state index contributed by atoms with van der Waals surface area (Å²) in [5.74, 6) is -0.242. The van der Waals surface area contributed by atoms with Crippen LogP contribution in [0.1, 0.15) is 31.9 Å². The second kappa shape index (κ2) is 6.71. The molecule has 0 aliphatic rings. The lowest BCUT2D eigenvalue weighted by atomic mass is 10.1. The van der Waals surface area contributed by atoms with Gasteiger partial charge in [0.05, 0.1) is 0 Å². The zero-order valence-electron chi connectivity index (χ0n) is 9.49. The molecule has 0 spiro atoms. The van der Waals surface area contributed by atoms with Crippen LogP contribution in [0.4, 0.5) is 0 Å². The van der Waals surface area contributed by atoms with Crippen LogP contribution in [-0.2, 0) is 0 Å². The standard InChI is InChI=1S/C11H12O2.C2H6/c1-3-5-8-6-7-10(12)11(13)9(8)4-2;1-2/h3-7,12-13H,2H2,1H3;1-2H3/b5-3-;. The highest BCUT2D eigenvalue weighted by Gasteiger charge is 2.06. The van der Waals surface area contributed by atoms with Gasteiger partial charge < -0.3 is 10.2 Å². The number of hydrogen-bond acceptors (Lipinski definition) is 2. The van der Waals surface area contributed by atoms with Gasteiger partial charge >= 0.3 is 0 Å². The summed E-state index contributed by atoms with van der Waals surface area (Å²) in [5, 5.41) is 18.7. The van der Waals surface area contributed by atoms with E-state index in [1.807, 2.05) is 32.9 Å². The smallest absolute Gasteiger partial charge is 0.165 e. The molecular weight excluding hydrogens is 188 g/mol. The fourth-order valence-electron chi connectivity index (χ4n) is 1.15. The summed E-state index contributed by atoms with van der Waals surface area (Å²) in [5.41, 5.74) is 1.39. The number of rotatable bonds is 2. The van der Waals surface area contributed by atoms with E-state index >= 15 is 0 Å². The van der Waals surface area contributed by atoms with Gasteiger partial charge in [0, 0.05) is 5.56 Å². The van der Waals surface area contributed by atoms with Crippen molar-refractivity contribution < 1.29 is 10.2 Å². The van der Waals surface area contributed by atoms with E-state index in [0.29, 0.717) is 5.56 Å². The SMILES string of the molecule is C=Cc1c(/C=C\C)ccc(O)c1O.CC. The maximum atomic E-state index is 9.45. The third-order valence-electron chi connectivity index (χ3n) is 1.78. The summed E-state index contributed by atoms with van der Waals surface area (Å²) in [4.78, 5) is 0. The Balaban J connectivity index is 0.000000921. The van der Waals surface area contributed by atoms with Crippen LogP contribution in [0, 0.1) is 0 Å². The number of allylic oxidation sites excluding steroid dienone is 1. The van der Waals surface area contributed by atoms with Gasteiger partial charge in [0.1, 0.15) is 0 Å². The van der Waals surface area contributed by atoms with Crippen LogP contribution in [-0.4, -0.2) is 10.2 Å². The molecule has 1 aromatic rings. The Hall–Kier alpha value is -1.70. The van der Waals surface area contributed by atoms with E-state index in [9.17, 15) is 10.2 Å². The predicted octanol–water partition coefficient (Wildman–Crippen LogP) is 3.80. The van der Waals surface area contributed by atoms with Crippen molar-refractivity contribution in [3.63, 3.8) is 0 Å². The molecule has 15 heavy (non-hydrogen) atoms. The van der Waals surface area contributed by atoms with Crippen LogP contribution in [0.15, 0.2) is 24.8 Å². The highest BCUT2D eigenvalue weighted by atomic mass is 16.3. The van der Waals surface area contributed by atoms with Gasteiger partial charge in [0.15, 0.2) is 11.5 Å². The van der Waals surface area contributed by atoms with Crippen LogP contribution in [0.2, 0.25) is 0 Å². The van der Waals surface area contributed by atoms with Crippen molar-refractivity contribution in [1.29, 1.82) is 0 Å². The molecule has 1 aromatic carbocycles. The highest BCUT2D eigenvalue weighted by molar-refractivity contribution is 5.71. The Morgan fingerprint density at radius 1 is 1.20 bits per heavy atom. The van der Waals surface area contributed by atoms with Gasteiger partial charge in [-0.25, -0.2) is 0 Å². The van der Waals surface area contributed by atoms with Gasteiger partial charge in [-0.05, 0) is 18.6 Å². The van der Waals surface area contributed by atoms with Crippen molar-refractivity contribution in [3.8, 4) is 11.5 Å². The molecule has 0 atom stereocenters. The third kappa shape index (κ3) is 3.17. The first-order valence-electron chi connectivity index (χ1n) is 5.00. The molecule has 0 radical (unpaired) electrons. The van der Waals surface area contributed by atoms with E-state index in [-0.39, 0.29) is 11.5 Å². The van der Waals surface area contributed by atoms with Crippen molar-refractivity contribution >= 4 is 12.2 Å². The van der Waals surface area contributed by atoms with Crippen LogP contribution in [0.25, 0.3) is 12.2 Å². The van der Waals surface area contributed by atoms with Crippen molar-refractivity contribution in [3.05, 3.63) is 35.9 Å². The number of benzene rings is 1. The molecule has 0 heterocycles. The van der Waals surface area contributed by atoms with Crippen LogP contribution < -0.4 is 0 Å². The quantitative estimate of drug-likeness (QED) is 0.722. The summed E-state index contributed by atoms with van der Waals surface area (Å²) in [6.07, 6.45) is 5.22. The van der Waals surface area contributed by atoms with E-state index in [0.717, 1.165) is 5.56 Å². The molecule has 0 aromatic heterocycles. The number of phenols is 2. The molecule has 0 unspecified atom stereocenters. The van der Waals surface area contributed by atoms with E-state index in [1.54, 1.807) is 6.07 Å². The van der Waals surface area contributed by atoms with E-state index < -0.39 is 0 Å². The normalized spacial score (nSPS) is 9.53. The molecule has 0 aliphatic heterocycles. The van der Waals surface area contributed by atoms with E-state index in [4.69, 9.17) is 0 Å². The maximum absolute atomic E-state index is 9.45. The average Bonchev–Trinajstić information content (AvgIpc) is 2.27. The Labute approximate surface area is 91.2 Å². The van der Waals surface area contributed by atoms with Gasteiger partial charge in [-0.3, -0.25) is 0 Å². The monoisotopic (exact) mass is 206 g/mol. The van der Waals surface area contributed by atoms with Crippen molar-refractivity contribution in [1.82, 2.24) is 0 Å². The minimum Gasteiger partial charge on any atom is -0.504 e. The summed E-state index contributed by atoms with van der Waals surface area (Å²) in [6.45, 7) is 9.46. The van der Waals surface area contributed by atoms with Gasteiger partial charge in [0.25, 0.3) is 0 Å². The zero-order valence-corrected chi connectivity index (χ0v) is 9.49. The fraction of sp³-hybridized carbons (Fsp3) is 0.231. The van der Waals surface area contributed by atoms with Gasteiger partial charge in [-0.15, -0.1) is 0 Å². The molecule has 2 N–H and O–H groups in total. The minimum absolute atomic E-state index is 0.120. The molecule has 1 rings (SSSR count). The van der Waals surface area contributed by atoms with Crippen LogP contribution in [0.5, 0.6) is 11.5 Å². The topological polar surface area (TPSA) is 40.5 Å². The molecule has 0 aliphatic carbocycles. The first-order chi connectivity index (χ1) is 7.20. The van der Waals surface area contributed by atoms with E-state index in [1.165, 1.54) is 12.1 Å². The Bertz CT molecular complexity index is 352. The molecule has 0 bridgehead atoms. The molecule has 0 saturated heterocycles. The lowest BCUT2D eigenvalue weighted by molar-refractivity contribution is 0.403. The highest BCUT2D eigenvalue weighted by Crippen LogP contribution is 2.32. The van der Waals surface area contributed by atoms with Crippen molar-refractivity contribution in [2.45, 2.75) is 20.8 Å². The largest absolute Gasteiger partial charge is 0.504 e. The van der Waals surface area contributed by atoms with Crippen LogP contribution in [0.3, 0.4) is 0 Å². The van der Waals surface area contributed by atoms with Gasteiger partial charge in [-0.1, -0.05) is 44.7 Å². The molecular formula is C13H18O2. The molecule has 0 fully saturated rings. The minimum atomic E-state index is -0.122. The first-order valence-corrected chi connectivity index (χ1v) is 5.00. The van der Waals surface area contributed by atoms with Crippen molar-refractivity contribution in [2.75, 3.05) is 0 Å². The van der Waals surface area contributed by atoms with Gasteiger partial charge in [0.2, 0.25) is 0 Å². The summed E-state index contributed by atoms with van der Waals surface area (Å²) in [6, 6.07) is 3.18. The Morgan fingerprint density at radius 3 is 2.27 bits per heavy atom. The second-order valence-electron chi connectivity index (χ2n) is 2.64.